The highest BCUT2D eigenvalue weighted by Crippen LogP contribution is 2.29. The molecule has 0 radical (unpaired) electrons. The Morgan fingerprint density at radius 2 is 1.73 bits per heavy atom. The van der Waals surface area contributed by atoms with Gasteiger partial charge in [-0.25, -0.2) is 14.2 Å². The van der Waals surface area contributed by atoms with Gasteiger partial charge in [0.15, 0.2) is 0 Å². The van der Waals surface area contributed by atoms with Crippen LogP contribution in [-0.2, 0) is 14.3 Å². The van der Waals surface area contributed by atoms with Gasteiger partial charge in [0, 0.05) is 76.4 Å². The predicted molar refractivity (Wildman–Crippen MR) is 196 cm³/mol. The van der Waals surface area contributed by atoms with Crippen LogP contribution in [0.5, 0.6) is 0 Å². The van der Waals surface area contributed by atoms with Crippen molar-refractivity contribution in [2.75, 3.05) is 58.3 Å². The fourth-order valence-electron chi connectivity index (χ4n) is 7.10. The Labute approximate surface area is 306 Å². The van der Waals surface area contributed by atoms with Crippen LogP contribution in [0, 0.1) is 17.7 Å². The van der Waals surface area contributed by atoms with Crippen LogP contribution >= 0.6 is 0 Å². The molecule has 2 saturated heterocycles. The van der Waals surface area contributed by atoms with Crippen molar-refractivity contribution < 1.29 is 33.4 Å². The van der Waals surface area contributed by atoms with E-state index in [1.54, 1.807) is 9.80 Å². The van der Waals surface area contributed by atoms with Crippen molar-refractivity contribution in [1.29, 1.82) is 0 Å². The first-order valence-electron chi connectivity index (χ1n) is 18.3. The van der Waals surface area contributed by atoms with E-state index in [1.807, 2.05) is 64.1 Å². The lowest BCUT2D eigenvalue weighted by Crippen LogP contribution is -2.48. The molecule has 282 valence electrons. The normalized spacial score (nSPS) is 26.5. The van der Waals surface area contributed by atoms with Gasteiger partial charge in [-0.1, -0.05) is 26.0 Å². The quantitative estimate of drug-likeness (QED) is 0.329. The van der Waals surface area contributed by atoms with Crippen LogP contribution in [0.1, 0.15) is 68.9 Å². The largest absolute Gasteiger partial charge is 0.457 e. The first-order valence-corrected chi connectivity index (χ1v) is 18.3. The van der Waals surface area contributed by atoms with Crippen molar-refractivity contribution >= 4 is 29.7 Å². The Morgan fingerprint density at radius 3 is 2.42 bits per heavy atom. The van der Waals surface area contributed by atoms with Gasteiger partial charge < -0.3 is 34.2 Å². The molecule has 12 nitrogen and oxygen atoms in total. The van der Waals surface area contributed by atoms with E-state index in [9.17, 15) is 19.5 Å². The summed E-state index contributed by atoms with van der Waals surface area (Å²) in [5.74, 6) is -1.47. The van der Waals surface area contributed by atoms with E-state index >= 15 is 4.39 Å². The second kappa shape index (κ2) is 17.9. The van der Waals surface area contributed by atoms with Crippen molar-refractivity contribution in [2.24, 2.45) is 11.8 Å². The van der Waals surface area contributed by atoms with E-state index in [4.69, 9.17) is 9.47 Å². The number of nitrogens with zero attached hydrogens (tertiary/aromatic N) is 6. The molecule has 1 N–H and O–H groups in total. The van der Waals surface area contributed by atoms with Gasteiger partial charge in [-0.05, 0) is 81.0 Å². The summed E-state index contributed by atoms with van der Waals surface area (Å²) in [6.07, 6.45) is 9.80. The molecular formula is C39H53FN6O6. The molecular weight excluding hydrogens is 667 g/mol. The maximum atomic E-state index is 15.1. The fraction of sp³-hybridized carbons (Fsp3) is 0.564. The number of halogens is 1. The van der Waals surface area contributed by atoms with Gasteiger partial charge in [-0.15, -0.1) is 0 Å². The van der Waals surface area contributed by atoms with Gasteiger partial charge in [0.1, 0.15) is 23.7 Å². The predicted octanol–water partition coefficient (Wildman–Crippen LogP) is 4.80. The number of cyclic esters (lactones) is 1. The third-order valence-corrected chi connectivity index (χ3v) is 10.5. The zero-order valence-corrected chi connectivity index (χ0v) is 31.0. The number of ether oxygens (including phenoxy) is 2. The van der Waals surface area contributed by atoms with Crippen LogP contribution in [-0.4, -0.2) is 125 Å². The number of hydrogen-bond donors (Lipinski definition) is 1. The Balaban J connectivity index is 1.30. The number of rotatable bonds is 6. The molecule has 0 bridgehead atoms. The van der Waals surface area contributed by atoms with E-state index in [2.05, 4.69) is 14.9 Å². The van der Waals surface area contributed by atoms with Gasteiger partial charge in [0.2, 0.25) is 0 Å². The number of likely N-dealkylation sites (tertiary alicyclic amines) is 1. The molecule has 5 rings (SSSR count). The van der Waals surface area contributed by atoms with Crippen LogP contribution < -0.4 is 4.90 Å². The summed E-state index contributed by atoms with van der Waals surface area (Å²) < 4.78 is 27.1. The summed E-state index contributed by atoms with van der Waals surface area (Å²) >= 11 is 0. The number of benzene rings is 1. The van der Waals surface area contributed by atoms with E-state index in [0.29, 0.717) is 74.4 Å². The highest BCUT2D eigenvalue weighted by molar-refractivity contribution is 5.92. The molecule has 0 spiro atoms. The lowest BCUT2D eigenvalue weighted by Gasteiger charge is -2.37. The van der Waals surface area contributed by atoms with Gasteiger partial charge >= 0.3 is 12.1 Å². The lowest BCUT2D eigenvalue weighted by molar-refractivity contribution is -0.151. The van der Waals surface area contributed by atoms with Crippen LogP contribution in [0.25, 0.3) is 6.08 Å². The summed E-state index contributed by atoms with van der Waals surface area (Å²) in [6.45, 7) is 9.60. The number of piperazine rings is 1. The number of piperidine rings is 1. The number of likely N-dealkylation sites (N-methyl/N-ethyl adjacent to an activating group) is 1. The first-order chi connectivity index (χ1) is 24.9. The molecule has 1 aromatic heterocycles. The van der Waals surface area contributed by atoms with E-state index < -0.39 is 30.1 Å². The Kier molecular flexibility index (Phi) is 13.4. The Hall–Kier alpha value is -4.36. The zero-order valence-electron chi connectivity index (χ0n) is 31.0. The van der Waals surface area contributed by atoms with Crippen molar-refractivity contribution in [3.05, 3.63) is 71.6 Å². The van der Waals surface area contributed by atoms with Gasteiger partial charge in [-0.3, -0.25) is 14.6 Å². The maximum absolute atomic E-state index is 15.1. The molecule has 4 heterocycles. The minimum atomic E-state index is -0.897. The smallest absolute Gasteiger partial charge is 0.410 e. The highest BCUT2D eigenvalue weighted by Gasteiger charge is 2.30. The topological polar surface area (TPSA) is 129 Å². The molecule has 0 aliphatic carbocycles. The number of carbonyl (C=O) groups is 3. The minimum absolute atomic E-state index is 0.0892. The zero-order chi connectivity index (χ0) is 37.4. The standard InChI is InChI=1S/C39H53FN6O6/c1-26-6-8-33(47)24-36(48)52-37(27(2)7-9-35(26)51-39(50)46-18-16-43(4)17-19-46)28(3)20-29-21-30(40)23-32(22-29)44(5)31-10-14-45(15-11-31)38(49)34-25-41-12-13-42-34/h7,9,12-13,20-23,25-27,31,33,35,37,47H,6,8,10-11,14-19,24H2,1-5H3/b9-7-,28-20+/t26-,27-,33+,35-,37-/m0/s1. The number of carbonyl (C=O) groups excluding carboxylic acids is 3. The minimum Gasteiger partial charge on any atom is -0.457 e. The molecule has 1 aromatic carbocycles. The van der Waals surface area contributed by atoms with E-state index in [1.165, 1.54) is 30.7 Å². The Bertz CT molecular complexity index is 1590. The third-order valence-electron chi connectivity index (χ3n) is 10.5. The van der Waals surface area contributed by atoms with Gasteiger partial charge in [0.25, 0.3) is 5.91 Å². The molecule has 5 atom stereocenters. The van der Waals surface area contributed by atoms with Crippen molar-refractivity contribution in [2.45, 2.75) is 77.2 Å². The number of aliphatic hydroxyl groups excluding tert-OH is 1. The SMILES string of the molecule is C/C(=C\c1cc(F)cc(N(C)C2CCN(C(=O)c3cnccn3)CC2)c1)[C@H]1OC(=O)C[C@H](O)CC[C@H](C)[C@@H](OC(=O)N2CCN(C)CC2)/C=C\[C@@H]1C. The highest BCUT2D eigenvalue weighted by atomic mass is 19.1. The number of esters is 1. The average molecular weight is 721 g/mol. The number of amides is 2. The average Bonchev–Trinajstić information content (AvgIpc) is 3.13. The molecule has 3 aliphatic heterocycles. The van der Waals surface area contributed by atoms with Crippen LogP contribution in [0.15, 0.2) is 54.5 Å². The van der Waals surface area contributed by atoms with Gasteiger partial charge in [0.05, 0.1) is 18.7 Å². The number of hydrogen-bond acceptors (Lipinski definition) is 10. The van der Waals surface area contributed by atoms with E-state index in [-0.39, 0.29) is 36.3 Å². The van der Waals surface area contributed by atoms with Crippen LogP contribution in [0.3, 0.4) is 0 Å². The summed E-state index contributed by atoms with van der Waals surface area (Å²) in [7, 11) is 3.96. The lowest BCUT2D eigenvalue weighted by atomic mass is 9.91. The van der Waals surface area contributed by atoms with Crippen LogP contribution in [0.2, 0.25) is 0 Å². The number of anilines is 1. The van der Waals surface area contributed by atoms with Crippen molar-refractivity contribution in [3.8, 4) is 0 Å². The molecule has 2 aromatic rings. The number of aromatic nitrogens is 2. The molecule has 0 unspecified atom stereocenters. The Morgan fingerprint density at radius 1 is 1.00 bits per heavy atom. The first kappa shape index (κ1) is 38.9. The second-order valence-electron chi connectivity index (χ2n) is 14.6. The summed E-state index contributed by atoms with van der Waals surface area (Å²) in [5.41, 5.74) is 2.33. The molecule has 2 fully saturated rings. The molecule has 0 saturated carbocycles. The summed E-state index contributed by atoms with van der Waals surface area (Å²) in [4.78, 5) is 54.9. The van der Waals surface area contributed by atoms with Gasteiger partial charge in [-0.2, -0.15) is 0 Å². The summed E-state index contributed by atoms with van der Waals surface area (Å²) in [5, 5.41) is 10.7. The number of aliphatic hydroxyl groups is 1. The molecule has 3 aliphatic rings. The third kappa shape index (κ3) is 10.4. The monoisotopic (exact) mass is 720 g/mol. The molecule has 13 heteroatoms. The molecule has 2 amide bonds. The van der Waals surface area contributed by atoms with E-state index in [0.717, 1.165) is 13.1 Å². The fourth-order valence-corrected chi connectivity index (χ4v) is 7.10. The second-order valence-corrected chi connectivity index (χ2v) is 14.6. The summed E-state index contributed by atoms with van der Waals surface area (Å²) in [6, 6.07) is 4.94. The van der Waals surface area contributed by atoms with Crippen molar-refractivity contribution in [3.63, 3.8) is 0 Å². The van der Waals surface area contributed by atoms with Crippen molar-refractivity contribution in [1.82, 2.24) is 24.7 Å². The van der Waals surface area contributed by atoms with Crippen LogP contribution in [0.4, 0.5) is 14.9 Å². The molecule has 52 heavy (non-hydrogen) atoms. The maximum Gasteiger partial charge on any atom is 0.410 e.